The predicted octanol–water partition coefficient (Wildman–Crippen LogP) is 3.10. The van der Waals surface area contributed by atoms with Crippen molar-refractivity contribution in [1.29, 1.82) is 0 Å². The van der Waals surface area contributed by atoms with Crippen LogP contribution >= 0.6 is 0 Å². The number of hydrogen-bond acceptors (Lipinski definition) is 2. The van der Waals surface area contributed by atoms with Crippen molar-refractivity contribution >= 4 is 12.0 Å². The first-order valence-corrected chi connectivity index (χ1v) is 5.21. The lowest BCUT2D eigenvalue weighted by Crippen LogP contribution is -2.04. The van der Waals surface area contributed by atoms with E-state index in [1.54, 1.807) is 0 Å². The lowest BCUT2D eigenvalue weighted by atomic mass is 9.97. The van der Waals surface area contributed by atoms with Gasteiger partial charge in [0.05, 0.1) is 0 Å². The highest BCUT2D eigenvalue weighted by atomic mass is 16.5. The van der Waals surface area contributed by atoms with E-state index in [1.165, 1.54) is 18.1 Å². The molecule has 1 aliphatic rings. The lowest BCUT2D eigenvalue weighted by molar-refractivity contribution is -0.137. The highest BCUT2D eigenvalue weighted by Crippen LogP contribution is 2.38. The summed E-state index contributed by atoms with van der Waals surface area (Å²) in [6, 6.07) is 8.16. The zero-order chi connectivity index (χ0) is 10.8. The van der Waals surface area contributed by atoms with Crippen LogP contribution in [0.3, 0.4) is 0 Å². The Labute approximate surface area is 89.6 Å². The Kier molecular flexibility index (Phi) is 2.58. The molecule has 2 heteroatoms. The Morgan fingerprint density at radius 3 is 2.80 bits per heavy atom. The van der Waals surface area contributed by atoms with Crippen molar-refractivity contribution in [2.75, 3.05) is 0 Å². The average Bonchev–Trinajstić information content (AvgIpc) is 2.53. The topological polar surface area (TPSA) is 26.3 Å². The first-order chi connectivity index (χ1) is 7.22. The first kappa shape index (κ1) is 9.97. The maximum atomic E-state index is 10.9. The van der Waals surface area contributed by atoms with Crippen molar-refractivity contribution in [2.24, 2.45) is 0 Å². The van der Waals surface area contributed by atoms with Crippen molar-refractivity contribution < 1.29 is 9.53 Å². The number of carbonyl (C=O) groups excluding carboxylic acids is 1. The average molecular weight is 202 g/mol. The van der Waals surface area contributed by atoms with Gasteiger partial charge in [0.25, 0.3) is 0 Å². The van der Waals surface area contributed by atoms with Crippen molar-refractivity contribution in [2.45, 2.75) is 26.2 Å². The van der Waals surface area contributed by atoms with Crippen molar-refractivity contribution in [3.8, 4) is 0 Å². The Hall–Kier alpha value is -1.57. The molecule has 1 aromatic rings. The first-order valence-electron chi connectivity index (χ1n) is 5.21. The van der Waals surface area contributed by atoms with Gasteiger partial charge in [-0.25, -0.2) is 0 Å². The summed E-state index contributed by atoms with van der Waals surface area (Å²) in [5.74, 6) is 0.781. The third-order valence-electron chi connectivity index (χ3n) is 2.68. The van der Waals surface area contributed by atoms with E-state index in [0.29, 0.717) is 0 Å². The monoisotopic (exact) mass is 202 g/mol. The minimum Gasteiger partial charge on any atom is -0.431 e. The lowest BCUT2D eigenvalue weighted by Gasteiger charge is -2.13. The molecule has 0 amide bonds. The zero-order valence-electron chi connectivity index (χ0n) is 8.99. The van der Waals surface area contributed by atoms with E-state index in [0.717, 1.165) is 12.2 Å². The molecule has 0 radical (unpaired) electrons. The van der Waals surface area contributed by atoms with Crippen molar-refractivity contribution in [3.05, 3.63) is 41.2 Å². The van der Waals surface area contributed by atoms with Crippen molar-refractivity contribution in [3.63, 3.8) is 0 Å². The van der Waals surface area contributed by atoms with Gasteiger partial charge in [0.1, 0.15) is 5.76 Å². The molecule has 1 unspecified atom stereocenters. The van der Waals surface area contributed by atoms with Gasteiger partial charge in [-0.05, 0) is 23.6 Å². The standard InChI is InChI=1S/C13H14O2/c1-3-11-12-7-5-4-6-10(12)8-13(11)15-9(2)14/h4-8,11H,3H2,1-2H3. The quantitative estimate of drug-likeness (QED) is 0.689. The summed E-state index contributed by atoms with van der Waals surface area (Å²) in [7, 11) is 0. The molecule has 0 aromatic heterocycles. The van der Waals surface area contributed by atoms with Crippen LogP contribution in [0.2, 0.25) is 0 Å². The Balaban J connectivity index is 2.34. The van der Waals surface area contributed by atoms with Crippen LogP contribution in [-0.4, -0.2) is 5.97 Å². The second-order valence-corrected chi connectivity index (χ2v) is 3.73. The molecule has 1 aromatic carbocycles. The van der Waals surface area contributed by atoms with Gasteiger partial charge in [-0.1, -0.05) is 31.2 Å². The number of carbonyl (C=O) groups is 1. The number of rotatable bonds is 2. The summed E-state index contributed by atoms with van der Waals surface area (Å²) in [5.41, 5.74) is 2.43. The number of hydrogen-bond donors (Lipinski definition) is 0. The van der Waals surface area contributed by atoms with E-state index in [-0.39, 0.29) is 11.9 Å². The Morgan fingerprint density at radius 1 is 1.40 bits per heavy atom. The molecular weight excluding hydrogens is 188 g/mol. The van der Waals surface area contributed by atoms with E-state index in [9.17, 15) is 4.79 Å². The summed E-state index contributed by atoms with van der Waals surface area (Å²) in [4.78, 5) is 10.9. The number of fused-ring (bicyclic) bond motifs is 1. The highest BCUT2D eigenvalue weighted by Gasteiger charge is 2.25. The fourth-order valence-electron chi connectivity index (χ4n) is 2.05. The van der Waals surface area contributed by atoms with Crippen LogP contribution in [-0.2, 0) is 9.53 Å². The molecule has 0 bridgehead atoms. The summed E-state index contributed by atoms with van der Waals surface area (Å²) >= 11 is 0. The molecule has 2 rings (SSSR count). The smallest absolute Gasteiger partial charge is 0.307 e. The molecule has 0 fully saturated rings. The SMILES string of the molecule is CCC1C(OC(C)=O)=Cc2ccccc21. The van der Waals surface area contributed by atoms with Crippen molar-refractivity contribution in [1.82, 2.24) is 0 Å². The van der Waals surface area contributed by atoms with E-state index >= 15 is 0 Å². The van der Waals surface area contributed by atoms with Gasteiger partial charge < -0.3 is 4.74 Å². The van der Waals surface area contributed by atoms with Gasteiger partial charge in [0.2, 0.25) is 0 Å². The summed E-state index contributed by atoms with van der Waals surface area (Å²) < 4.78 is 5.22. The third kappa shape index (κ3) is 1.80. The molecule has 0 saturated heterocycles. The molecule has 2 nitrogen and oxygen atoms in total. The fraction of sp³-hybridized carbons (Fsp3) is 0.308. The summed E-state index contributed by atoms with van der Waals surface area (Å²) in [6.45, 7) is 3.54. The van der Waals surface area contributed by atoms with E-state index < -0.39 is 0 Å². The zero-order valence-corrected chi connectivity index (χ0v) is 8.99. The van der Waals surface area contributed by atoms with Crippen LogP contribution in [0.25, 0.3) is 6.08 Å². The molecule has 0 aliphatic heterocycles. The predicted molar refractivity (Wildman–Crippen MR) is 59.2 cm³/mol. The number of allylic oxidation sites excluding steroid dienone is 1. The summed E-state index contributed by atoms with van der Waals surface area (Å²) in [5, 5.41) is 0. The van der Waals surface area contributed by atoms with Gasteiger partial charge >= 0.3 is 5.97 Å². The van der Waals surface area contributed by atoms with Gasteiger partial charge in [-0.3, -0.25) is 4.79 Å². The highest BCUT2D eigenvalue weighted by molar-refractivity contribution is 5.72. The number of esters is 1. The second-order valence-electron chi connectivity index (χ2n) is 3.73. The molecule has 0 saturated carbocycles. The maximum Gasteiger partial charge on any atom is 0.307 e. The third-order valence-corrected chi connectivity index (χ3v) is 2.68. The van der Waals surface area contributed by atoms with Gasteiger partial charge in [-0.2, -0.15) is 0 Å². The molecule has 1 aliphatic carbocycles. The van der Waals surface area contributed by atoms with Crippen LogP contribution in [0.5, 0.6) is 0 Å². The van der Waals surface area contributed by atoms with Crippen LogP contribution in [0.4, 0.5) is 0 Å². The largest absolute Gasteiger partial charge is 0.431 e. The molecule has 0 heterocycles. The molecule has 78 valence electrons. The molecule has 1 atom stereocenters. The van der Waals surface area contributed by atoms with E-state index in [4.69, 9.17) is 4.74 Å². The Bertz CT molecular complexity index is 418. The van der Waals surface area contributed by atoms with Crippen LogP contribution < -0.4 is 0 Å². The minimum absolute atomic E-state index is 0.241. The van der Waals surface area contributed by atoms with E-state index in [2.05, 4.69) is 19.1 Å². The minimum atomic E-state index is -0.243. The van der Waals surface area contributed by atoms with Gasteiger partial charge in [0.15, 0.2) is 0 Å². The number of benzene rings is 1. The number of ether oxygens (including phenoxy) is 1. The normalized spacial score (nSPS) is 18.3. The van der Waals surface area contributed by atoms with Gasteiger partial charge in [0, 0.05) is 12.8 Å². The molecule has 0 spiro atoms. The molecule has 15 heavy (non-hydrogen) atoms. The maximum absolute atomic E-state index is 10.9. The van der Waals surface area contributed by atoms with E-state index in [1.807, 2.05) is 18.2 Å². The van der Waals surface area contributed by atoms with Gasteiger partial charge in [-0.15, -0.1) is 0 Å². The van der Waals surface area contributed by atoms with Crippen LogP contribution in [0, 0.1) is 0 Å². The molecular formula is C13H14O2. The Morgan fingerprint density at radius 2 is 2.13 bits per heavy atom. The van der Waals surface area contributed by atoms with Crippen LogP contribution in [0.1, 0.15) is 37.3 Å². The molecule has 0 N–H and O–H groups in total. The second kappa shape index (κ2) is 3.89. The van der Waals surface area contributed by atoms with Crippen LogP contribution in [0.15, 0.2) is 30.0 Å². The fourth-order valence-corrected chi connectivity index (χ4v) is 2.05. The summed E-state index contributed by atoms with van der Waals surface area (Å²) in [6.07, 6.45) is 2.92.